The number of esters is 1. The monoisotopic (exact) mass is 275 g/mol. The molecule has 0 saturated carbocycles. The van der Waals surface area contributed by atoms with Crippen LogP contribution >= 0.6 is 12.4 Å². The number of halogens is 1. The van der Waals surface area contributed by atoms with Crippen LogP contribution in [0.5, 0.6) is 17.2 Å². The van der Waals surface area contributed by atoms with Crippen LogP contribution in [-0.4, -0.2) is 25.7 Å². The second kappa shape index (κ2) is 7.79. The predicted molar refractivity (Wildman–Crippen MR) is 70.7 cm³/mol. The molecule has 1 aromatic rings. The van der Waals surface area contributed by atoms with Gasteiger partial charge in [0.15, 0.2) is 11.5 Å². The van der Waals surface area contributed by atoms with Crippen molar-refractivity contribution in [3.05, 3.63) is 18.2 Å². The van der Waals surface area contributed by atoms with Crippen molar-refractivity contribution in [2.75, 3.05) is 13.7 Å². The summed E-state index contributed by atoms with van der Waals surface area (Å²) in [6.45, 7) is 3.98. The molecular formula is C12H18ClNO4. The molecule has 102 valence electrons. The number of benzene rings is 1. The molecule has 0 aliphatic heterocycles. The Kier molecular flexibility index (Phi) is 7.16. The lowest BCUT2D eigenvalue weighted by Crippen LogP contribution is -2.30. The average molecular weight is 276 g/mol. The summed E-state index contributed by atoms with van der Waals surface area (Å²) in [5, 5.41) is 0. The summed E-state index contributed by atoms with van der Waals surface area (Å²) in [5.41, 5.74) is 5.40. The fourth-order valence-electron chi connectivity index (χ4n) is 1.20. The van der Waals surface area contributed by atoms with Crippen molar-refractivity contribution >= 4 is 18.4 Å². The lowest BCUT2D eigenvalue weighted by atomic mass is 10.3. The van der Waals surface area contributed by atoms with Crippen LogP contribution < -0.4 is 19.9 Å². The SMILES string of the molecule is CCOc1ccc(OC(=O)[C@H](C)N)cc1OC.Cl. The molecule has 0 saturated heterocycles. The summed E-state index contributed by atoms with van der Waals surface area (Å²) < 4.78 is 15.5. The van der Waals surface area contributed by atoms with E-state index in [0.717, 1.165) is 0 Å². The molecule has 0 fully saturated rings. The molecule has 6 heteroatoms. The standard InChI is InChI=1S/C12H17NO4.ClH/c1-4-16-10-6-5-9(7-11(10)15-3)17-12(14)8(2)13;/h5-8H,4,13H2,1-3H3;1H/t8-;/m0./s1. The second-order valence-electron chi connectivity index (χ2n) is 3.46. The third kappa shape index (κ3) is 4.43. The van der Waals surface area contributed by atoms with Crippen LogP contribution in [0.1, 0.15) is 13.8 Å². The molecule has 0 aliphatic rings. The van der Waals surface area contributed by atoms with E-state index in [0.29, 0.717) is 23.9 Å². The van der Waals surface area contributed by atoms with E-state index in [-0.39, 0.29) is 12.4 Å². The van der Waals surface area contributed by atoms with Crippen molar-refractivity contribution in [2.24, 2.45) is 5.73 Å². The minimum Gasteiger partial charge on any atom is -0.493 e. The minimum absolute atomic E-state index is 0. The highest BCUT2D eigenvalue weighted by Crippen LogP contribution is 2.31. The van der Waals surface area contributed by atoms with E-state index >= 15 is 0 Å². The molecule has 2 N–H and O–H groups in total. The van der Waals surface area contributed by atoms with Gasteiger partial charge in [0.2, 0.25) is 0 Å². The van der Waals surface area contributed by atoms with E-state index < -0.39 is 12.0 Å². The van der Waals surface area contributed by atoms with Gasteiger partial charge < -0.3 is 19.9 Å². The summed E-state index contributed by atoms with van der Waals surface area (Å²) in [5.74, 6) is 1.02. The van der Waals surface area contributed by atoms with Gasteiger partial charge in [0.1, 0.15) is 11.8 Å². The summed E-state index contributed by atoms with van der Waals surface area (Å²) in [6.07, 6.45) is 0. The van der Waals surface area contributed by atoms with E-state index in [1.807, 2.05) is 6.92 Å². The maximum Gasteiger partial charge on any atom is 0.328 e. The van der Waals surface area contributed by atoms with Crippen molar-refractivity contribution < 1.29 is 19.0 Å². The van der Waals surface area contributed by atoms with Crippen LogP contribution in [0.3, 0.4) is 0 Å². The molecule has 0 amide bonds. The Labute approximate surface area is 113 Å². The summed E-state index contributed by atoms with van der Waals surface area (Å²) in [4.78, 5) is 11.3. The molecule has 5 nitrogen and oxygen atoms in total. The number of carbonyl (C=O) groups excluding carboxylic acids is 1. The number of nitrogens with two attached hydrogens (primary N) is 1. The number of hydrogen-bond donors (Lipinski definition) is 1. The Bertz CT molecular complexity index is 396. The lowest BCUT2D eigenvalue weighted by molar-refractivity contribution is -0.135. The van der Waals surface area contributed by atoms with E-state index in [2.05, 4.69) is 0 Å². The molecule has 0 unspecified atom stereocenters. The molecule has 18 heavy (non-hydrogen) atoms. The van der Waals surface area contributed by atoms with Gasteiger partial charge in [-0.05, 0) is 26.0 Å². The van der Waals surface area contributed by atoms with Gasteiger partial charge in [-0.1, -0.05) is 0 Å². The summed E-state index contributed by atoms with van der Waals surface area (Å²) in [6, 6.07) is 4.25. The third-order valence-electron chi connectivity index (χ3n) is 2.03. The molecule has 0 spiro atoms. The van der Waals surface area contributed by atoms with Crippen molar-refractivity contribution in [3.8, 4) is 17.2 Å². The first-order valence-corrected chi connectivity index (χ1v) is 5.36. The largest absolute Gasteiger partial charge is 0.493 e. The third-order valence-corrected chi connectivity index (χ3v) is 2.03. The molecule has 1 atom stereocenters. The van der Waals surface area contributed by atoms with Crippen molar-refractivity contribution in [3.63, 3.8) is 0 Å². The minimum atomic E-state index is -0.660. The van der Waals surface area contributed by atoms with Crippen LogP contribution in [0.15, 0.2) is 18.2 Å². The molecule has 0 aliphatic carbocycles. The number of hydrogen-bond acceptors (Lipinski definition) is 5. The molecule has 0 bridgehead atoms. The molecule has 0 heterocycles. The summed E-state index contributed by atoms with van der Waals surface area (Å²) in [7, 11) is 1.52. The highest BCUT2D eigenvalue weighted by molar-refractivity contribution is 5.85. The second-order valence-corrected chi connectivity index (χ2v) is 3.46. The Hall–Kier alpha value is -1.46. The number of carbonyl (C=O) groups is 1. The van der Waals surface area contributed by atoms with Crippen molar-refractivity contribution in [1.82, 2.24) is 0 Å². The Morgan fingerprint density at radius 2 is 2.06 bits per heavy atom. The molecule has 1 rings (SSSR count). The average Bonchev–Trinajstić information content (AvgIpc) is 2.31. The van der Waals surface area contributed by atoms with Crippen LogP contribution in [0.25, 0.3) is 0 Å². The zero-order chi connectivity index (χ0) is 12.8. The first-order valence-electron chi connectivity index (χ1n) is 5.36. The lowest BCUT2D eigenvalue weighted by Gasteiger charge is -2.11. The zero-order valence-electron chi connectivity index (χ0n) is 10.6. The van der Waals surface area contributed by atoms with Gasteiger partial charge in [0, 0.05) is 6.07 Å². The smallest absolute Gasteiger partial charge is 0.328 e. The van der Waals surface area contributed by atoms with E-state index in [1.165, 1.54) is 7.11 Å². The Morgan fingerprint density at radius 3 is 2.56 bits per heavy atom. The highest BCUT2D eigenvalue weighted by atomic mass is 35.5. The zero-order valence-corrected chi connectivity index (χ0v) is 11.5. The van der Waals surface area contributed by atoms with E-state index in [4.69, 9.17) is 19.9 Å². The van der Waals surface area contributed by atoms with Crippen LogP contribution in [0.4, 0.5) is 0 Å². The van der Waals surface area contributed by atoms with E-state index in [1.54, 1.807) is 25.1 Å². The van der Waals surface area contributed by atoms with Gasteiger partial charge >= 0.3 is 5.97 Å². The normalized spacial score (nSPS) is 11.1. The van der Waals surface area contributed by atoms with Gasteiger partial charge in [-0.2, -0.15) is 0 Å². The van der Waals surface area contributed by atoms with Gasteiger partial charge in [0.05, 0.1) is 13.7 Å². The Morgan fingerprint density at radius 1 is 1.39 bits per heavy atom. The van der Waals surface area contributed by atoms with Gasteiger partial charge in [-0.15, -0.1) is 12.4 Å². The molecular weight excluding hydrogens is 258 g/mol. The quantitative estimate of drug-likeness (QED) is 0.655. The molecule has 0 aromatic heterocycles. The molecule has 0 radical (unpaired) electrons. The van der Waals surface area contributed by atoms with E-state index in [9.17, 15) is 4.79 Å². The topological polar surface area (TPSA) is 70.8 Å². The Balaban J connectivity index is 0.00000289. The fraction of sp³-hybridized carbons (Fsp3) is 0.417. The maximum absolute atomic E-state index is 11.3. The van der Waals surface area contributed by atoms with Crippen molar-refractivity contribution in [2.45, 2.75) is 19.9 Å². The fourth-order valence-corrected chi connectivity index (χ4v) is 1.20. The maximum atomic E-state index is 11.3. The highest BCUT2D eigenvalue weighted by Gasteiger charge is 2.12. The van der Waals surface area contributed by atoms with Crippen molar-refractivity contribution in [1.29, 1.82) is 0 Å². The number of ether oxygens (including phenoxy) is 3. The van der Waals surface area contributed by atoms with Crippen LogP contribution in [0.2, 0.25) is 0 Å². The van der Waals surface area contributed by atoms with Gasteiger partial charge in [0.25, 0.3) is 0 Å². The number of rotatable bonds is 5. The van der Waals surface area contributed by atoms with Crippen LogP contribution in [-0.2, 0) is 4.79 Å². The first kappa shape index (κ1) is 16.5. The van der Waals surface area contributed by atoms with Crippen LogP contribution in [0, 0.1) is 0 Å². The van der Waals surface area contributed by atoms with Gasteiger partial charge in [-0.25, -0.2) is 4.79 Å². The van der Waals surface area contributed by atoms with Gasteiger partial charge in [-0.3, -0.25) is 0 Å². The summed E-state index contributed by atoms with van der Waals surface area (Å²) >= 11 is 0. The first-order chi connectivity index (χ1) is 8.08. The predicted octanol–water partition coefficient (Wildman–Crippen LogP) is 1.77. The molecule has 1 aromatic carbocycles. The number of methoxy groups -OCH3 is 1.